The number of aliphatic hydroxyl groups is 1. The third kappa shape index (κ3) is 2.30. The molecule has 1 aliphatic heterocycles. The van der Waals surface area contributed by atoms with E-state index in [1.165, 1.54) is 18.5 Å². The largest absolute Gasteiger partial charge is 0.480 e. The van der Waals surface area contributed by atoms with Crippen LogP contribution in [0.2, 0.25) is 5.02 Å². The van der Waals surface area contributed by atoms with Crippen LogP contribution in [0.25, 0.3) is 0 Å². The van der Waals surface area contributed by atoms with Crippen molar-refractivity contribution < 1.29 is 19.8 Å². The van der Waals surface area contributed by atoms with Crippen molar-refractivity contribution in [1.82, 2.24) is 9.88 Å². The number of amides is 1. The van der Waals surface area contributed by atoms with Gasteiger partial charge < -0.3 is 15.1 Å². The highest BCUT2D eigenvalue weighted by Gasteiger charge is 2.39. The minimum absolute atomic E-state index is 0.0129. The molecule has 0 saturated carbocycles. The second kappa shape index (κ2) is 4.91. The second-order valence-corrected chi connectivity index (χ2v) is 4.46. The number of pyridine rings is 1. The number of aromatic nitrogens is 1. The van der Waals surface area contributed by atoms with Crippen LogP contribution < -0.4 is 0 Å². The summed E-state index contributed by atoms with van der Waals surface area (Å²) in [7, 11) is 0. The molecule has 0 spiro atoms. The van der Waals surface area contributed by atoms with E-state index in [1.807, 2.05) is 0 Å². The number of likely N-dealkylation sites (tertiary alicyclic amines) is 1. The number of aliphatic hydroxyl groups excluding tert-OH is 1. The van der Waals surface area contributed by atoms with E-state index >= 15 is 0 Å². The lowest BCUT2D eigenvalue weighted by atomic mass is 10.2. The van der Waals surface area contributed by atoms with Gasteiger partial charge in [-0.2, -0.15) is 0 Å². The van der Waals surface area contributed by atoms with Crippen LogP contribution in [0.1, 0.15) is 16.8 Å². The van der Waals surface area contributed by atoms with Gasteiger partial charge in [-0.1, -0.05) is 11.6 Å². The van der Waals surface area contributed by atoms with E-state index in [2.05, 4.69) is 4.98 Å². The maximum Gasteiger partial charge on any atom is 0.326 e. The van der Waals surface area contributed by atoms with Crippen LogP contribution in [0.5, 0.6) is 0 Å². The van der Waals surface area contributed by atoms with Crippen LogP contribution >= 0.6 is 11.6 Å². The van der Waals surface area contributed by atoms with E-state index < -0.39 is 24.0 Å². The average Bonchev–Trinajstić information content (AvgIpc) is 2.71. The zero-order chi connectivity index (χ0) is 13.3. The predicted molar refractivity (Wildman–Crippen MR) is 62.3 cm³/mol. The van der Waals surface area contributed by atoms with Gasteiger partial charge in [-0.25, -0.2) is 4.79 Å². The molecule has 1 amide bonds. The average molecular weight is 271 g/mol. The quantitative estimate of drug-likeness (QED) is 0.811. The Morgan fingerprint density at radius 2 is 2.22 bits per heavy atom. The number of carbonyl (C=O) groups is 2. The van der Waals surface area contributed by atoms with Gasteiger partial charge in [0.05, 0.1) is 16.7 Å². The predicted octanol–water partition coefficient (Wildman–Crippen LogP) is 0.395. The SMILES string of the molecule is O=C(O)C1CC(O)CN1C(=O)c1cnccc1Cl. The number of β-amino-alcohol motifs (C(OH)–C–C–N with tert-alkyl or cyclic N) is 1. The van der Waals surface area contributed by atoms with Gasteiger partial charge in [-0.15, -0.1) is 0 Å². The van der Waals surface area contributed by atoms with Gasteiger partial charge >= 0.3 is 5.97 Å². The van der Waals surface area contributed by atoms with Gasteiger partial charge in [-0.05, 0) is 6.07 Å². The van der Waals surface area contributed by atoms with Gasteiger partial charge in [-0.3, -0.25) is 9.78 Å². The molecule has 2 unspecified atom stereocenters. The minimum Gasteiger partial charge on any atom is -0.480 e. The van der Waals surface area contributed by atoms with Crippen molar-refractivity contribution in [2.45, 2.75) is 18.6 Å². The zero-order valence-electron chi connectivity index (χ0n) is 9.28. The van der Waals surface area contributed by atoms with Crippen LogP contribution in [0.4, 0.5) is 0 Å². The number of halogens is 1. The molecule has 18 heavy (non-hydrogen) atoms. The fourth-order valence-electron chi connectivity index (χ4n) is 1.96. The van der Waals surface area contributed by atoms with Gasteiger partial charge in [0.25, 0.3) is 5.91 Å². The number of carboxylic acid groups (broad SMARTS) is 1. The monoisotopic (exact) mass is 270 g/mol. The molecule has 2 heterocycles. The first-order chi connectivity index (χ1) is 8.50. The first kappa shape index (κ1) is 12.8. The highest BCUT2D eigenvalue weighted by atomic mass is 35.5. The Hall–Kier alpha value is -1.66. The fourth-order valence-corrected chi connectivity index (χ4v) is 2.15. The molecular weight excluding hydrogens is 260 g/mol. The van der Waals surface area contributed by atoms with E-state index in [9.17, 15) is 14.7 Å². The second-order valence-electron chi connectivity index (χ2n) is 4.06. The number of hydrogen-bond acceptors (Lipinski definition) is 4. The van der Waals surface area contributed by atoms with Crippen LogP contribution in [0, 0.1) is 0 Å². The van der Waals surface area contributed by atoms with Gasteiger partial charge in [0.2, 0.25) is 0 Å². The molecule has 1 aliphatic rings. The summed E-state index contributed by atoms with van der Waals surface area (Å²) in [6.07, 6.45) is 1.92. The number of carboxylic acids is 1. The Balaban J connectivity index is 2.28. The van der Waals surface area contributed by atoms with E-state index in [0.717, 1.165) is 4.90 Å². The molecule has 0 bridgehead atoms. The summed E-state index contributed by atoms with van der Waals surface area (Å²) >= 11 is 5.86. The molecule has 2 N–H and O–H groups in total. The number of hydrogen-bond donors (Lipinski definition) is 2. The molecule has 1 fully saturated rings. The fraction of sp³-hybridized carbons (Fsp3) is 0.364. The lowest BCUT2D eigenvalue weighted by Crippen LogP contribution is -2.40. The van der Waals surface area contributed by atoms with Crippen LogP contribution in [-0.2, 0) is 4.79 Å². The van der Waals surface area contributed by atoms with E-state index in [4.69, 9.17) is 16.7 Å². The third-order valence-corrected chi connectivity index (χ3v) is 3.15. The lowest BCUT2D eigenvalue weighted by Gasteiger charge is -2.21. The molecule has 2 rings (SSSR count). The van der Waals surface area contributed by atoms with Crippen molar-refractivity contribution in [3.05, 3.63) is 29.0 Å². The molecule has 2 atom stereocenters. The van der Waals surface area contributed by atoms with E-state index in [1.54, 1.807) is 0 Å². The molecular formula is C11H11ClN2O4. The molecule has 7 heteroatoms. The highest BCUT2D eigenvalue weighted by molar-refractivity contribution is 6.33. The topological polar surface area (TPSA) is 90.7 Å². The molecule has 1 aromatic heterocycles. The Kier molecular flexibility index (Phi) is 3.49. The highest BCUT2D eigenvalue weighted by Crippen LogP contribution is 2.23. The molecule has 0 aliphatic carbocycles. The van der Waals surface area contributed by atoms with Crippen molar-refractivity contribution in [3.63, 3.8) is 0 Å². The van der Waals surface area contributed by atoms with Crippen molar-refractivity contribution in [2.75, 3.05) is 6.54 Å². The molecule has 1 aromatic rings. The Morgan fingerprint density at radius 3 is 2.83 bits per heavy atom. The molecule has 0 aromatic carbocycles. The van der Waals surface area contributed by atoms with Crippen LogP contribution in [0.3, 0.4) is 0 Å². The molecule has 0 radical (unpaired) electrons. The standard InChI is InChI=1S/C11H11ClN2O4/c12-8-1-2-13-4-7(8)10(16)14-5-6(15)3-9(14)11(17)18/h1-2,4,6,9,15H,3,5H2,(H,17,18). The smallest absolute Gasteiger partial charge is 0.326 e. The number of carbonyl (C=O) groups excluding carboxylic acids is 1. The van der Waals surface area contributed by atoms with Gasteiger partial charge in [0.15, 0.2) is 0 Å². The summed E-state index contributed by atoms with van der Waals surface area (Å²) < 4.78 is 0. The first-order valence-corrected chi connectivity index (χ1v) is 5.70. The minimum atomic E-state index is -1.14. The first-order valence-electron chi connectivity index (χ1n) is 5.32. The lowest BCUT2D eigenvalue weighted by molar-refractivity contribution is -0.141. The van der Waals surface area contributed by atoms with Crippen molar-refractivity contribution >= 4 is 23.5 Å². The van der Waals surface area contributed by atoms with Crippen LogP contribution in [-0.4, -0.2) is 50.7 Å². The maximum atomic E-state index is 12.2. The van der Waals surface area contributed by atoms with Crippen LogP contribution in [0.15, 0.2) is 18.5 Å². The number of rotatable bonds is 2. The molecule has 96 valence electrons. The van der Waals surface area contributed by atoms with Gasteiger partial charge in [0.1, 0.15) is 6.04 Å². The summed E-state index contributed by atoms with van der Waals surface area (Å²) in [5, 5.41) is 18.7. The van der Waals surface area contributed by atoms with Crippen molar-refractivity contribution in [2.24, 2.45) is 0 Å². The zero-order valence-corrected chi connectivity index (χ0v) is 10.0. The summed E-state index contributed by atoms with van der Waals surface area (Å²) in [6, 6.07) is 0.431. The third-order valence-electron chi connectivity index (χ3n) is 2.82. The van der Waals surface area contributed by atoms with E-state index in [0.29, 0.717) is 0 Å². The summed E-state index contributed by atoms with van der Waals surface area (Å²) in [6.45, 7) is -0.0129. The Labute approximate surface area is 108 Å². The summed E-state index contributed by atoms with van der Waals surface area (Å²) in [5.41, 5.74) is 0.138. The Morgan fingerprint density at radius 1 is 1.50 bits per heavy atom. The Bertz CT molecular complexity index is 494. The normalized spacial score (nSPS) is 23.1. The maximum absolute atomic E-state index is 12.2. The van der Waals surface area contributed by atoms with E-state index in [-0.39, 0.29) is 23.6 Å². The molecule has 6 nitrogen and oxygen atoms in total. The summed E-state index contributed by atoms with van der Waals surface area (Å²) in [5.74, 6) is -1.67. The summed E-state index contributed by atoms with van der Waals surface area (Å²) in [4.78, 5) is 28.1. The number of nitrogens with zero attached hydrogens (tertiary/aromatic N) is 2. The van der Waals surface area contributed by atoms with Crippen molar-refractivity contribution in [3.8, 4) is 0 Å². The molecule has 1 saturated heterocycles. The number of aliphatic carboxylic acids is 1. The van der Waals surface area contributed by atoms with Gasteiger partial charge in [0, 0.05) is 25.4 Å². The van der Waals surface area contributed by atoms with Crippen molar-refractivity contribution in [1.29, 1.82) is 0 Å².